The summed E-state index contributed by atoms with van der Waals surface area (Å²) in [6.45, 7) is 4.31. The largest absolute Gasteiger partial charge is 0.385 e. The molecule has 106 valence electrons. The minimum Gasteiger partial charge on any atom is -0.385 e. The molecule has 2 rings (SSSR count). The van der Waals surface area contributed by atoms with Crippen LogP contribution >= 0.6 is 0 Å². The Labute approximate surface area is 115 Å². The highest BCUT2D eigenvalue weighted by molar-refractivity contribution is 7.91. The molecular formula is C15H22O3S. The van der Waals surface area contributed by atoms with E-state index in [0.717, 1.165) is 12.8 Å². The van der Waals surface area contributed by atoms with Crippen LogP contribution in [0.1, 0.15) is 45.1 Å². The number of aliphatic hydroxyl groups is 1. The van der Waals surface area contributed by atoms with E-state index in [1.807, 2.05) is 0 Å². The van der Waals surface area contributed by atoms with Crippen LogP contribution in [0.4, 0.5) is 0 Å². The van der Waals surface area contributed by atoms with E-state index < -0.39 is 15.4 Å². The second-order valence-corrected chi connectivity index (χ2v) is 7.96. The highest BCUT2D eigenvalue weighted by Gasteiger charge is 2.39. The molecule has 0 bridgehead atoms. The molecule has 0 aromatic heterocycles. The molecule has 0 amide bonds. The molecule has 1 aliphatic rings. The summed E-state index contributed by atoms with van der Waals surface area (Å²) in [5.74, 6) is 0.647. The summed E-state index contributed by atoms with van der Waals surface area (Å²) < 4.78 is 24.1. The van der Waals surface area contributed by atoms with Gasteiger partial charge in [0.2, 0.25) is 0 Å². The Kier molecular flexibility index (Phi) is 4.02. The molecule has 0 spiro atoms. The monoisotopic (exact) mass is 282 g/mol. The van der Waals surface area contributed by atoms with Crippen molar-refractivity contribution in [3.05, 3.63) is 29.8 Å². The van der Waals surface area contributed by atoms with Gasteiger partial charge in [0.05, 0.1) is 16.2 Å². The predicted molar refractivity (Wildman–Crippen MR) is 75.7 cm³/mol. The lowest BCUT2D eigenvalue weighted by Crippen LogP contribution is -2.35. The third-order valence-electron chi connectivity index (χ3n) is 3.88. The molecule has 1 heterocycles. The van der Waals surface area contributed by atoms with Gasteiger partial charge in [0, 0.05) is 5.56 Å². The van der Waals surface area contributed by atoms with Crippen molar-refractivity contribution < 1.29 is 13.5 Å². The average molecular weight is 282 g/mol. The molecule has 3 nitrogen and oxygen atoms in total. The Hall–Kier alpha value is -0.870. The van der Waals surface area contributed by atoms with Gasteiger partial charge in [-0.3, -0.25) is 0 Å². The fourth-order valence-electron chi connectivity index (χ4n) is 2.73. The molecule has 0 fully saturated rings. The molecule has 1 N–H and O–H groups in total. The van der Waals surface area contributed by atoms with E-state index in [2.05, 4.69) is 13.8 Å². The van der Waals surface area contributed by atoms with Crippen molar-refractivity contribution in [3.63, 3.8) is 0 Å². The number of benzene rings is 1. The van der Waals surface area contributed by atoms with Crippen LogP contribution in [0.3, 0.4) is 0 Å². The lowest BCUT2D eigenvalue weighted by atomic mass is 9.85. The summed E-state index contributed by atoms with van der Waals surface area (Å²) in [5, 5.41) is 10.8. The topological polar surface area (TPSA) is 54.4 Å². The van der Waals surface area contributed by atoms with E-state index in [-0.39, 0.29) is 5.75 Å². The lowest BCUT2D eigenvalue weighted by Gasteiger charge is -2.34. The minimum absolute atomic E-state index is 0.0438. The van der Waals surface area contributed by atoms with E-state index in [1.54, 1.807) is 24.3 Å². The van der Waals surface area contributed by atoms with Crippen LogP contribution in [0.25, 0.3) is 0 Å². The SMILES string of the molecule is CC(C)CCCC1(O)CCS(=O)(=O)c2ccccc21. The Bertz CT molecular complexity index is 548. The van der Waals surface area contributed by atoms with E-state index >= 15 is 0 Å². The fourth-order valence-corrected chi connectivity index (χ4v) is 4.44. The lowest BCUT2D eigenvalue weighted by molar-refractivity contribution is 0.0158. The minimum atomic E-state index is -3.21. The van der Waals surface area contributed by atoms with E-state index in [1.165, 1.54) is 0 Å². The first kappa shape index (κ1) is 14.5. The zero-order valence-corrected chi connectivity index (χ0v) is 12.4. The normalized spacial score (nSPS) is 25.3. The van der Waals surface area contributed by atoms with Crippen molar-refractivity contribution in [1.82, 2.24) is 0 Å². The van der Waals surface area contributed by atoms with Crippen LogP contribution < -0.4 is 0 Å². The number of rotatable bonds is 4. The van der Waals surface area contributed by atoms with Gasteiger partial charge in [0.1, 0.15) is 0 Å². The number of sulfone groups is 1. The quantitative estimate of drug-likeness (QED) is 0.924. The number of hydrogen-bond acceptors (Lipinski definition) is 3. The molecule has 1 aromatic rings. The Morgan fingerprint density at radius 1 is 1.32 bits per heavy atom. The van der Waals surface area contributed by atoms with Crippen LogP contribution in [0, 0.1) is 5.92 Å². The predicted octanol–water partition coefficient (Wildman–Crippen LogP) is 2.88. The van der Waals surface area contributed by atoms with E-state index in [9.17, 15) is 13.5 Å². The van der Waals surface area contributed by atoms with E-state index in [0.29, 0.717) is 29.2 Å². The summed E-state index contributed by atoms with van der Waals surface area (Å²) in [6, 6.07) is 6.88. The van der Waals surface area contributed by atoms with Crippen LogP contribution in [-0.4, -0.2) is 19.3 Å². The summed E-state index contributed by atoms with van der Waals surface area (Å²) in [5.41, 5.74) is -0.387. The van der Waals surface area contributed by atoms with Crippen molar-refractivity contribution in [1.29, 1.82) is 0 Å². The van der Waals surface area contributed by atoms with Crippen molar-refractivity contribution in [2.24, 2.45) is 5.92 Å². The first-order chi connectivity index (χ1) is 8.85. The summed E-state index contributed by atoms with van der Waals surface area (Å²) in [6.07, 6.45) is 2.92. The molecule has 1 atom stereocenters. The number of fused-ring (bicyclic) bond motifs is 1. The molecule has 0 saturated carbocycles. The van der Waals surface area contributed by atoms with Gasteiger partial charge in [-0.1, -0.05) is 38.5 Å². The van der Waals surface area contributed by atoms with Crippen LogP contribution in [0.5, 0.6) is 0 Å². The van der Waals surface area contributed by atoms with Crippen molar-refractivity contribution in [2.45, 2.75) is 50.0 Å². The molecule has 1 unspecified atom stereocenters. The van der Waals surface area contributed by atoms with Gasteiger partial charge in [0.25, 0.3) is 0 Å². The van der Waals surface area contributed by atoms with Gasteiger partial charge >= 0.3 is 0 Å². The Morgan fingerprint density at radius 3 is 2.68 bits per heavy atom. The number of hydrogen-bond donors (Lipinski definition) is 1. The van der Waals surface area contributed by atoms with Gasteiger partial charge < -0.3 is 5.11 Å². The third kappa shape index (κ3) is 3.00. The van der Waals surface area contributed by atoms with Gasteiger partial charge in [-0.05, 0) is 31.2 Å². The Balaban J connectivity index is 2.28. The maximum absolute atomic E-state index is 12.0. The molecule has 1 aromatic carbocycles. The summed E-state index contributed by atoms with van der Waals surface area (Å²) in [7, 11) is -3.21. The third-order valence-corrected chi connectivity index (χ3v) is 5.65. The van der Waals surface area contributed by atoms with Gasteiger partial charge in [-0.15, -0.1) is 0 Å². The van der Waals surface area contributed by atoms with Crippen molar-refractivity contribution >= 4 is 9.84 Å². The smallest absolute Gasteiger partial charge is 0.178 e. The first-order valence-corrected chi connectivity index (χ1v) is 8.55. The van der Waals surface area contributed by atoms with Crippen molar-refractivity contribution in [2.75, 3.05) is 5.75 Å². The zero-order valence-electron chi connectivity index (χ0n) is 11.6. The van der Waals surface area contributed by atoms with Gasteiger partial charge in [-0.2, -0.15) is 0 Å². The maximum Gasteiger partial charge on any atom is 0.178 e. The molecule has 0 saturated heterocycles. The maximum atomic E-state index is 12.0. The molecule has 0 aliphatic carbocycles. The molecule has 4 heteroatoms. The molecular weight excluding hydrogens is 260 g/mol. The van der Waals surface area contributed by atoms with Gasteiger partial charge in [-0.25, -0.2) is 8.42 Å². The van der Waals surface area contributed by atoms with Crippen LogP contribution in [0.2, 0.25) is 0 Å². The zero-order chi connectivity index (χ0) is 14.1. The first-order valence-electron chi connectivity index (χ1n) is 6.90. The highest BCUT2D eigenvalue weighted by atomic mass is 32.2. The average Bonchev–Trinajstić information content (AvgIpc) is 2.35. The second kappa shape index (κ2) is 5.25. The highest BCUT2D eigenvalue weighted by Crippen LogP contribution is 2.40. The second-order valence-electron chi connectivity index (χ2n) is 5.88. The van der Waals surface area contributed by atoms with Crippen LogP contribution in [0.15, 0.2) is 29.2 Å². The molecule has 0 radical (unpaired) electrons. The van der Waals surface area contributed by atoms with Crippen molar-refractivity contribution in [3.8, 4) is 0 Å². The summed E-state index contributed by atoms with van der Waals surface area (Å²) in [4.78, 5) is 0.313. The summed E-state index contributed by atoms with van der Waals surface area (Å²) >= 11 is 0. The fraction of sp³-hybridized carbons (Fsp3) is 0.600. The molecule has 1 aliphatic heterocycles. The molecule has 19 heavy (non-hydrogen) atoms. The standard InChI is InChI=1S/C15H22O3S/c1-12(2)6-5-9-15(16)10-11-19(17,18)14-8-4-3-7-13(14)15/h3-4,7-8,12,16H,5-6,9-11H2,1-2H3. The Morgan fingerprint density at radius 2 is 2.00 bits per heavy atom. The van der Waals surface area contributed by atoms with Gasteiger partial charge in [0.15, 0.2) is 9.84 Å². The van der Waals surface area contributed by atoms with Crippen LogP contribution in [-0.2, 0) is 15.4 Å². The van der Waals surface area contributed by atoms with E-state index in [4.69, 9.17) is 0 Å².